The molecule has 1 aromatic heterocycles. The smallest absolute Gasteiger partial charge is 0.248 e. The van der Waals surface area contributed by atoms with Crippen molar-refractivity contribution in [2.24, 2.45) is 10.9 Å². The number of thiazole rings is 1. The number of hydrogen-bond donors (Lipinski definition) is 0. The number of amides is 1. The molecular formula is C19H24N2O3S. The number of carbonyl (C=O) groups excluding carboxylic acids is 1. The van der Waals surface area contributed by atoms with E-state index in [-0.39, 0.29) is 5.91 Å². The normalized spacial score (nSPS) is 18.2. The van der Waals surface area contributed by atoms with Crippen LogP contribution in [0.5, 0.6) is 11.5 Å². The van der Waals surface area contributed by atoms with Crippen molar-refractivity contribution in [2.75, 3.05) is 13.2 Å². The zero-order chi connectivity index (χ0) is 17.2. The number of nitrogens with zero attached hydrogens (tertiary/aromatic N) is 2. The maximum absolute atomic E-state index is 12.3. The lowest BCUT2D eigenvalue weighted by Gasteiger charge is -2.18. The average molecular weight is 360 g/mol. The van der Waals surface area contributed by atoms with Gasteiger partial charge in [-0.3, -0.25) is 4.79 Å². The van der Waals surface area contributed by atoms with Gasteiger partial charge in [0.2, 0.25) is 5.91 Å². The summed E-state index contributed by atoms with van der Waals surface area (Å²) in [5.41, 5.74) is 1.05. The maximum Gasteiger partial charge on any atom is 0.248 e. The topological polar surface area (TPSA) is 52.8 Å². The second-order valence-corrected chi connectivity index (χ2v) is 7.80. The van der Waals surface area contributed by atoms with Crippen LogP contribution in [0.3, 0.4) is 0 Å². The Kier molecular flexibility index (Phi) is 4.79. The Balaban J connectivity index is 1.62. The highest BCUT2D eigenvalue weighted by molar-refractivity contribution is 7.16. The molecule has 2 aromatic rings. The van der Waals surface area contributed by atoms with Gasteiger partial charge < -0.3 is 14.0 Å². The molecule has 0 saturated heterocycles. The highest BCUT2D eigenvalue weighted by Gasteiger charge is 2.18. The molecule has 0 atom stereocenters. The fourth-order valence-corrected chi connectivity index (χ4v) is 4.91. The fourth-order valence-electron chi connectivity index (χ4n) is 3.79. The van der Waals surface area contributed by atoms with E-state index in [1.165, 1.54) is 25.7 Å². The number of carbonyl (C=O) groups is 1. The summed E-state index contributed by atoms with van der Waals surface area (Å²) in [6.07, 6.45) is 6.72. The molecule has 2 aliphatic rings. The SMILES string of the molecule is CCn1c(=NC(=O)CCC2CCCC2)sc2cc3c(cc21)OCCO3. The Bertz CT molecular complexity index is 846. The van der Waals surface area contributed by atoms with E-state index in [1.807, 2.05) is 12.1 Å². The molecule has 1 fully saturated rings. The van der Waals surface area contributed by atoms with Crippen molar-refractivity contribution in [1.82, 2.24) is 4.57 Å². The zero-order valence-electron chi connectivity index (χ0n) is 14.6. The molecule has 6 heteroatoms. The molecule has 2 heterocycles. The molecule has 0 radical (unpaired) electrons. The summed E-state index contributed by atoms with van der Waals surface area (Å²) in [6.45, 7) is 4.00. The molecule has 1 amide bonds. The van der Waals surface area contributed by atoms with Crippen LogP contribution in [0, 0.1) is 5.92 Å². The highest BCUT2D eigenvalue weighted by Crippen LogP contribution is 2.35. The maximum atomic E-state index is 12.3. The number of aryl methyl sites for hydroxylation is 1. The molecular weight excluding hydrogens is 336 g/mol. The van der Waals surface area contributed by atoms with Crippen LogP contribution in [0.15, 0.2) is 17.1 Å². The van der Waals surface area contributed by atoms with E-state index in [0.717, 1.165) is 45.4 Å². The van der Waals surface area contributed by atoms with E-state index < -0.39 is 0 Å². The molecule has 0 spiro atoms. The van der Waals surface area contributed by atoms with Gasteiger partial charge >= 0.3 is 0 Å². The van der Waals surface area contributed by atoms with E-state index in [9.17, 15) is 4.79 Å². The van der Waals surface area contributed by atoms with Crippen LogP contribution in [0.4, 0.5) is 0 Å². The van der Waals surface area contributed by atoms with Gasteiger partial charge in [-0.2, -0.15) is 4.99 Å². The van der Waals surface area contributed by atoms with Crippen LogP contribution in [-0.4, -0.2) is 23.7 Å². The lowest BCUT2D eigenvalue weighted by atomic mass is 10.0. The minimum Gasteiger partial charge on any atom is -0.486 e. The van der Waals surface area contributed by atoms with E-state index in [0.29, 0.717) is 19.6 Å². The molecule has 25 heavy (non-hydrogen) atoms. The highest BCUT2D eigenvalue weighted by atomic mass is 32.1. The second-order valence-electron chi connectivity index (χ2n) is 6.79. The van der Waals surface area contributed by atoms with Gasteiger partial charge in [-0.05, 0) is 19.3 Å². The van der Waals surface area contributed by atoms with Crippen molar-refractivity contribution in [1.29, 1.82) is 0 Å². The largest absolute Gasteiger partial charge is 0.486 e. The molecule has 1 aliphatic carbocycles. The van der Waals surface area contributed by atoms with Crippen LogP contribution >= 0.6 is 11.3 Å². The third-order valence-electron chi connectivity index (χ3n) is 5.12. The molecule has 1 saturated carbocycles. The van der Waals surface area contributed by atoms with E-state index in [4.69, 9.17) is 9.47 Å². The summed E-state index contributed by atoms with van der Waals surface area (Å²) < 4.78 is 14.5. The Morgan fingerprint density at radius 1 is 1.24 bits per heavy atom. The van der Waals surface area contributed by atoms with Gasteiger partial charge in [0.25, 0.3) is 0 Å². The number of aromatic nitrogens is 1. The summed E-state index contributed by atoms with van der Waals surface area (Å²) in [5.74, 6) is 2.28. The Labute approximate surface area is 151 Å². The van der Waals surface area contributed by atoms with Crippen LogP contribution < -0.4 is 14.3 Å². The lowest BCUT2D eigenvalue weighted by Crippen LogP contribution is -2.17. The number of ether oxygens (including phenoxy) is 2. The van der Waals surface area contributed by atoms with Crippen molar-refractivity contribution in [3.63, 3.8) is 0 Å². The Morgan fingerprint density at radius 2 is 1.96 bits per heavy atom. The van der Waals surface area contributed by atoms with Crippen molar-refractivity contribution in [2.45, 2.75) is 52.0 Å². The Morgan fingerprint density at radius 3 is 2.68 bits per heavy atom. The van der Waals surface area contributed by atoms with Crippen LogP contribution in [0.25, 0.3) is 10.2 Å². The van der Waals surface area contributed by atoms with Gasteiger partial charge in [-0.25, -0.2) is 0 Å². The lowest BCUT2D eigenvalue weighted by molar-refractivity contribution is -0.118. The van der Waals surface area contributed by atoms with Crippen LogP contribution in [0.2, 0.25) is 0 Å². The summed E-state index contributed by atoms with van der Waals surface area (Å²) in [4.78, 5) is 17.5. The van der Waals surface area contributed by atoms with E-state index in [2.05, 4.69) is 16.5 Å². The molecule has 0 unspecified atom stereocenters. The number of hydrogen-bond acceptors (Lipinski definition) is 4. The van der Waals surface area contributed by atoms with Crippen LogP contribution in [0.1, 0.15) is 45.4 Å². The van der Waals surface area contributed by atoms with Gasteiger partial charge in [0.05, 0.1) is 10.2 Å². The van der Waals surface area contributed by atoms with Crippen molar-refractivity contribution >= 4 is 27.5 Å². The van der Waals surface area contributed by atoms with Crippen molar-refractivity contribution in [3.05, 3.63) is 16.9 Å². The fraction of sp³-hybridized carbons (Fsp3) is 0.579. The summed E-state index contributed by atoms with van der Waals surface area (Å²) >= 11 is 1.55. The Hall–Kier alpha value is -1.82. The third-order valence-corrected chi connectivity index (χ3v) is 6.17. The zero-order valence-corrected chi connectivity index (χ0v) is 15.4. The molecule has 4 rings (SSSR count). The molecule has 0 N–H and O–H groups in total. The van der Waals surface area contributed by atoms with E-state index >= 15 is 0 Å². The first-order valence-corrected chi connectivity index (χ1v) is 10.1. The molecule has 5 nitrogen and oxygen atoms in total. The number of benzene rings is 1. The second kappa shape index (κ2) is 7.20. The van der Waals surface area contributed by atoms with E-state index in [1.54, 1.807) is 11.3 Å². The first-order valence-electron chi connectivity index (χ1n) is 9.25. The van der Waals surface area contributed by atoms with Crippen molar-refractivity contribution < 1.29 is 14.3 Å². The van der Waals surface area contributed by atoms with Gasteiger partial charge in [-0.1, -0.05) is 37.0 Å². The predicted molar refractivity (Wildman–Crippen MR) is 98.2 cm³/mol. The number of fused-ring (bicyclic) bond motifs is 2. The quantitative estimate of drug-likeness (QED) is 0.831. The third kappa shape index (κ3) is 3.45. The van der Waals surface area contributed by atoms with Gasteiger partial charge in [0.1, 0.15) is 13.2 Å². The summed E-state index contributed by atoms with van der Waals surface area (Å²) in [7, 11) is 0. The summed E-state index contributed by atoms with van der Waals surface area (Å²) in [6, 6.07) is 4.01. The average Bonchev–Trinajstić information content (AvgIpc) is 3.25. The van der Waals surface area contributed by atoms with Gasteiger partial charge in [0, 0.05) is 25.1 Å². The van der Waals surface area contributed by atoms with Gasteiger partial charge in [0.15, 0.2) is 16.3 Å². The van der Waals surface area contributed by atoms with Crippen molar-refractivity contribution in [3.8, 4) is 11.5 Å². The predicted octanol–water partition coefficient (Wildman–Crippen LogP) is 3.89. The van der Waals surface area contributed by atoms with Gasteiger partial charge in [-0.15, -0.1) is 0 Å². The van der Waals surface area contributed by atoms with Crippen LogP contribution in [-0.2, 0) is 11.3 Å². The molecule has 134 valence electrons. The number of rotatable bonds is 4. The minimum absolute atomic E-state index is 0.00193. The first-order chi connectivity index (χ1) is 12.2. The minimum atomic E-state index is -0.00193. The first kappa shape index (κ1) is 16.6. The standard InChI is InChI=1S/C19H24N2O3S/c1-2-21-14-11-15-16(24-10-9-23-15)12-17(14)25-19(21)20-18(22)8-7-13-5-3-4-6-13/h11-13H,2-10H2,1H3. The molecule has 1 aromatic carbocycles. The summed E-state index contributed by atoms with van der Waals surface area (Å²) in [5, 5.41) is 0. The molecule has 0 bridgehead atoms. The monoisotopic (exact) mass is 360 g/mol. The molecule has 1 aliphatic heterocycles.